The average Bonchev–Trinajstić information content (AvgIpc) is 2.61. The zero-order valence-corrected chi connectivity index (χ0v) is 20.9. The van der Waals surface area contributed by atoms with Crippen molar-refractivity contribution in [2.45, 2.75) is 70.6 Å². The van der Waals surface area contributed by atoms with E-state index in [4.69, 9.17) is 9.73 Å². The molecule has 0 aromatic rings. The SMILES string of the molecule is CCN=C(NC1CCN(CC(=O)N(C)C)CC1)NC1CC(OCC)C12CCC2.I. The van der Waals surface area contributed by atoms with Gasteiger partial charge in [-0.25, -0.2) is 0 Å². The van der Waals surface area contributed by atoms with Gasteiger partial charge >= 0.3 is 0 Å². The Morgan fingerprint density at radius 1 is 1.21 bits per heavy atom. The van der Waals surface area contributed by atoms with Gasteiger partial charge in [0.1, 0.15) is 0 Å². The summed E-state index contributed by atoms with van der Waals surface area (Å²) in [6.45, 7) is 8.20. The number of amides is 1. The van der Waals surface area contributed by atoms with E-state index in [1.807, 2.05) is 14.1 Å². The Labute approximate surface area is 193 Å². The summed E-state index contributed by atoms with van der Waals surface area (Å²) in [4.78, 5) is 20.5. The van der Waals surface area contributed by atoms with Gasteiger partial charge in [0.25, 0.3) is 0 Å². The van der Waals surface area contributed by atoms with Crippen LogP contribution in [-0.2, 0) is 9.53 Å². The molecule has 3 rings (SSSR count). The topological polar surface area (TPSA) is 69.2 Å². The number of nitrogens with zero attached hydrogens (tertiary/aromatic N) is 3. The van der Waals surface area contributed by atoms with Gasteiger partial charge in [0.15, 0.2) is 5.96 Å². The number of aliphatic imine (C=N–C) groups is 1. The molecular weight excluding hydrogens is 481 g/mol. The lowest BCUT2D eigenvalue weighted by Crippen LogP contribution is -2.69. The van der Waals surface area contributed by atoms with Gasteiger partial charge < -0.3 is 20.3 Å². The zero-order valence-electron chi connectivity index (χ0n) is 18.6. The minimum absolute atomic E-state index is 0. The molecule has 3 aliphatic rings. The summed E-state index contributed by atoms with van der Waals surface area (Å²) in [5, 5.41) is 7.39. The van der Waals surface area contributed by atoms with Crippen LogP contribution in [0.3, 0.4) is 0 Å². The van der Waals surface area contributed by atoms with Crippen LogP contribution in [0.2, 0.25) is 0 Å². The first-order chi connectivity index (χ1) is 13.5. The predicted molar refractivity (Wildman–Crippen MR) is 128 cm³/mol. The van der Waals surface area contributed by atoms with Gasteiger partial charge in [-0.05, 0) is 46.0 Å². The average molecular weight is 521 g/mol. The normalized spacial score (nSPS) is 26.8. The lowest BCUT2D eigenvalue weighted by Gasteiger charge is -2.61. The first kappa shape index (κ1) is 24.7. The number of guanidine groups is 1. The minimum atomic E-state index is 0. The predicted octanol–water partition coefficient (Wildman–Crippen LogP) is 2.06. The highest BCUT2D eigenvalue weighted by Gasteiger charge is 2.59. The van der Waals surface area contributed by atoms with E-state index in [-0.39, 0.29) is 29.9 Å². The third-order valence-corrected chi connectivity index (χ3v) is 6.85. The monoisotopic (exact) mass is 521 g/mol. The van der Waals surface area contributed by atoms with Crippen LogP contribution < -0.4 is 10.6 Å². The smallest absolute Gasteiger partial charge is 0.236 e. The number of rotatable bonds is 7. The largest absolute Gasteiger partial charge is 0.378 e. The van der Waals surface area contributed by atoms with Gasteiger partial charge in [-0.1, -0.05) is 6.42 Å². The zero-order chi connectivity index (χ0) is 20.1. The Morgan fingerprint density at radius 3 is 2.41 bits per heavy atom. The van der Waals surface area contributed by atoms with E-state index in [1.165, 1.54) is 19.3 Å². The van der Waals surface area contributed by atoms with Gasteiger partial charge in [0.05, 0.1) is 12.6 Å². The molecule has 2 unspecified atom stereocenters. The van der Waals surface area contributed by atoms with E-state index in [0.29, 0.717) is 30.1 Å². The van der Waals surface area contributed by atoms with E-state index in [0.717, 1.165) is 51.5 Å². The number of carbonyl (C=O) groups is 1. The summed E-state index contributed by atoms with van der Waals surface area (Å²) >= 11 is 0. The molecule has 1 heterocycles. The molecule has 2 aliphatic carbocycles. The van der Waals surface area contributed by atoms with Crippen LogP contribution in [0.1, 0.15) is 52.4 Å². The number of carbonyl (C=O) groups excluding carboxylic acids is 1. The second kappa shape index (κ2) is 11.1. The van der Waals surface area contributed by atoms with Crippen molar-refractivity contribution in [2.75, 3.05) is 46.9 Å². The van der Waals surface area contributed by atoms with Gasteiger partial charge in [-0.2, -0.15) is 0 Å². The Hall–Kier alpha value is -0.610. The van der Waals surface area contributed by atoms with E-state index in [9.17, 15) is 4.79 Å². The van der Waals surface area contributed by atoms with E-state index >= 15 is 0 Å². The molecule has 8 heteroatoms. The van der Waals surface area contributed by atoms with Crippen LogP contribution in [0.4, 0.5) is 0 Å². The summed E-state index contributed by atoms with van der Waals surface area (Å²) in [5.41, 5.74) is 0.335. The fourth-order valence-electron chi connectivity index (χ4n) is 4.86. The van der Waals surface area contributed by atoms with Crippen molar-refractivity contribution in [1.82, 2.24) is 20.4 Å². The number of halogens is 1. The molecule has 29 heavy (non-hydrogen) atoms. The molecule has 0 aromatic carbocycles. The summed E-state index contributed by atoms with van der Waals surface area (Å²) < 4.78 is 5.98. The molecular formula is C21H40IN5O2. The molecule has 0 bridgehead atoms. The third kappa shape index (κ3) is 5.76. The van der Waals surface area contributed by atoms with Crippen LogP contribution in [0.15, 0.2) is 4.99 Å². The first-order valence-corrected chi connectivity index (χ1v) is 11.1. The van der Waals surface area contributed by atoms with E-state index < -0.39 is 0 Å². The minimum Gasteiger partial charge on any atom is -0.378 e. The Bertz CT molecular complexity index is 559. The van der Waals surface area contributed by atoms with Gasteiger partial charge in [0, 0.05) is 57.8 Å². The number of hydrogen-bond acceptors (Lipinski definition) is 4. The van der Waals surface area contributed by atoms with Crippen molar-refractivity contribution in [3.8, 4) is 0 Å². The second-order valence-corrected chi connectivity index (χ2v) is 8.77. The maximum absolute atomic E-state index is 11.9. The summed E-state index contributed by atoms with van der Waals surface area (Å²) in [6.07, 6.45) is 7.46. The molecule has 1 spiro atoms. The van der Waals surface area contributed by atoms with Crippen LogP contribution in [0, 0.1) is 5.41 Å². The van der Waals surface area contributed by atoms with Crippen molar-refractivity contribution >= 4 is 35.8 Å². The molecule has 2 saturated carbocycles. The van der Waals surface area contributed by atoms with Crippen molar-refractivity contribution in [2.24, 2.45) is 10.4 Å². The second-order valence-electron chi connectivity index (χ2n) is 8.77. The number of piperidine rings is 1. The summed E-state index contributed by atoms with van der Waals surface area (Å²) in [7, 11) is 3.64. The molecule has 1 amide bonds. The molecule has 2 atom stereocenters. The van der Waals surface area contributed by atoms with Crippen molar-refractivity contribution in [3.05, 3.63) is 0 Å². The first-order valence-electron chi connectivity index (χ1n) is 11.1. The van der Waals surface area contributed by atoms with Crippen molar-refractivity contribution in [3.63, 3.8) is 0 Å². The van der Waals surface area contributed by atoms with Crippen molar-refractivity contribution < 1.29 is 9.53 Å². The third-order valence-electron chi connectivity index (χ3n) is 6.85. The maximum atomic E-state index is 11.9. The number of likely N-dealkylation sites (tertiary alicyclic amines) is 1. The summed E-state index contributed by atoms with van der Waals surface area (Å²) in [5.74, 6) is 1.14. The fraction of sp³-hybridized carbons (Fsp3) is 0.905. The van der Waals surface area contributed by atoms with Gasteiger partial charge in [-0.3, -0.25) is 14.7 Å². The number of likely N-dealkylation sites (N-methyl/N-ethyl adjacent to an activating group) is 1. The lowest BCUT2D eigenvalue weighted by molar-refractivity contribution is -0.168. The molecule has 2 N–H and O–H groups in total. The molecule has 1 aliphatic heterocycles. The molecule has 0 radical (unpaired) electrons. The molecule has 168 valence electrons. The molecule has 1 saturated heterocycles. The fourth-order valence-corrected chi connectivity index (χ4v) is 4.86. The number of ether oxygens (including phenoxy) is 1. The van der Waals surface area contributed by atoms with E-state index in [2.05, 4.69) is 29.4 Å². The quantitative estimate of drug-likeness (QED) is 0.305. The van der Waals surface area contributed by atoms with Gasteiger partial charge in [-0.15, -0.1) is 24.0 Å². The Morgan fingerprint density at radius 2 is 1.90 bits per heavy atom. The van der Waals surface area contributed by atoms with Crippen LogP contribution >= 0.6 is 24.0 Å². The maximum Gasteiger partial charge on any atom is 0.236 e. The van der Waals surface area contributed by atoms with Crippen molar-refractivity contribution in [1.29, 1.82) is 0 Å². The molecule has 7 nitrogen and oxygen atoms in total. The molecule has 0 aromatic heterocycles. The van der Waals surface area contributed by atoms with E-state index in [1.54, 1.807) is 4.90 Å². The van der Waals surface area contributed by atoms with Crippen LogP contribution in [-0.4, -0.2) is 86.7 Å². The highest BCUT2D eigenvalue weighted by atomic mass is 127. The van der Waals surface area contributed by atoms with Crippen LogP contribution in [0.5, 0.6) is 0 Å². The highest BCUT2D eigenvalue weighted by Crippen LogP contribution is 2.57. The number of nitrogens with one attached hydrogen (secondary N) is 2. The standard InChI is InChI=1S/C21H39N5O2.HI/c1-5-22-20(24-17-14-18(28-6-2)21(17)10-7-11-21)23-16-8-12-26(13-9-16)15-19(27)25(3)4;/h16-18H,5-15H2,1-4H3,(H2,22,23,24);1H. The Kier molecular flexibility index (Phi) is 9.47. The highest BCUT2D eigenvalue weighted by molar-refractivity contribution is 14.0. The Balaban J connectivity index is 0.00000300. The number of hydrogen-bond donors (Lipinski definition) is 2. The van der Waals surface area contributed by atoms with Gasteiger partial charge in [0.2, 0.25) is 5.91 Å². The lowest BCUT2D eigenvalue weighted by atomic mass is 9.51. The summed E-state index contributed by atoms with van der Waals surface area (Å²) in [6, 6.07) is 0.900. The molecule has 3 fully saturated rings. The van der Waals surface area contributed by atoms with Crippen LogP contribution in [0.25, 0.3) is 0 Å².